The Bertz CT molecular complexity index is 614. The Balaban J connectivity index is 2.19. The van der Waals surface area contributed by atoms with Crippen molar-refractivity contribution in [2.75, 3.05) is 13.7 Å². The molecule has 0 aliphatic carbocycles. The van der Waals surface area contributed by atoms with Gasteiger partial charge in [0, 0.05) is 5.56 Å². The Morgan fingerprint density at radius 2 is 1.96 bits per heavy atom. The van der Waals surface area contributed by atoms with E-state index < -0.39 is 6.09 Å². The molecule has 2 N–H and O–H groups in total. The van der Waals surface area contributed by atoms with E-state index in [-0.39, 0.29) is 18.2 Å². The van der Waals surface area contributed by atoms with Crippen LogP contribution in [-0.4, -0.2) is 37.9 Å². The van der Waals surface area contributed by atoms with Crippen LogP contribution in [0, 0.1) is 0 Å². The van der Waals surface area contributed by atoms with Gasteiger partial charge in [-0.15, -0.1) is 0 Å². The first-order valence-electron chi connectivity index (χ1n) is 8.02. The summed E-state index contributed by atoms with van der Waals surface area (Å²) in [6, 6.07) is 5.64. The van der Waals surface area contributed by atoms with Gasteiger partial charge < -0.3 is 19.5 Å². The van der Waals surface area contributed by atoms with E-state index in [4.69, 9.17) is 9.47 Å². The number of rotatable bonds is 5. The maximum atomic E-state index is 11.3. The quantitative estimate of drug-likeness (QED) is 0.864. The number of nitrogens with one attached hydrogen (secondary N) is 2. The number of methoxy groups -OCH3 is 1. The number of aliphatic imine (C=N–C) groups is 1. The third-order valence-corrected chi connectivity index (χ3v) is 3.24. The van der Waals surface area contributed by atoms with Gasteiger partial charge in [-0.05, 0) is 45.9 Å². The number of benzene rings is 1. The third kappa shape index (κ3) is 4.78. The van der Waals surface area contributed by atoms with Crippen molar-refractivity contribution >= 4 is 12.1 Å². The highest BCUT2D eigenvalue weighted by molar-refractivity contribution is 5.95. The lowest BCUT2D eigenvalue weighted by Gasteiger charge is -2.20. The summed E-state index contributed by atoms with van der Waals surface area (Å²) in [6.45, 7) is 8.40. The molecule has 1 aromatic carbocycles. The lowest BCUT2D eigenvalue weighted by molar-refractivity contribution is 0.176. The minimum Gasteiger partial charge on any atom is -0.491 e. The highest BCUT2D eigenvalue weighted by Crippen LogP contribution is 2.32. The number of hydrogen-bond acceptors (Lipinski definition) is 6. The van der Waals surface area contributed by atoms with E-state index in [1.165, 1.54) is 7.11 Å². The number of carbonyl (C=O) groups is 1. The molecule has 1 aliphatic heterocycles. The van der Waals surface area contributed by atoms with Crippen molar-refractivity contribution in [3.63, 3.8) is 0 Å². The summed E-state index contributed by atoms with van der Waals surface area (Å²) in [4.78, 5) is 15.6. The van der Waals surface area contributed by atoms with Gasteiger partial charge in [0.05, 0.1) is 31.9 Å². The Morgan fingerprint density at radius 3 is 2.58 bits per heavy atom. The van der Waals surface area contributed by atoms with Crippen molar-refractivity contribution in [1.29, 1.82) is 0 Å². The number of ether oxygens (including phenoxy) is 3. The SMILES string of the molecule is COC(=O)NC1=NCC(c2cc(OC(C)C)ccc2OC(C)C)N1. The molecule has 0 saturated carbocycles. The van der Waals surface area contributed by atoms with Crippen LogP contribution in [0.1, 0.15) is 39.3 Å². The Morgan fingerprint density at radius 1 is 1.25 bits per heavy atom. The van der Waals surface area contributed by atoms with E-state index in [2.05, 4.69) is 20.4 Å². The molecule has 0 aromatic heterocycles. The minimum atomic E-state index is -0.558. The summed E-state index contributed by atoms with van der Waals surface area (Å²) >= 11 is 0. The van der Waals surface area contributed by atoms with Gasteiger partial charge in [-0.3, -0.25) is 10.3 Å². The van der Waals surface area contributed by atoms with Crippen LogP contribution in [0.5, 0.6) is 11.5 Å². The molecule has 24 heavy (non-hydrogen) atoms. The Hall–Kier alpha value is -2.44. The molecular formula is C17H25N3O4. The summed E-state index contributed by atoms with van der Waals surface area (Å²) in [5, 5.41) is 5.71. The summed E-state index contributed by atoms with van der Waals surface area (Å²) in [6.07, 6.45) is -0.424. The lowest BCUT2D eigenvalue weighted by Crippen LogP contribution is -2.39. The van der Waals surface area contributed by atoms with Crippen LogP contribution in [-0.2, 0) is 4.74 Å². The van der Waals surface area contributed by atoms with Gasteiger partial charge in [0.1, 0.15) is 11.5 Å². The molecular weight excluding hydrogens is 310 g/mol. The van der Waals surface area contributed by atoms with Gasteiger partial charge in [-0.25, -0.2) is 4.79 Å². The van der Waals surface area contributed by atoms with E-state index in [0.717, 1.165) is 17.1 Å². The van der Waals surface area contributed by atoms with Crippen LogP contribution in [0.25, 0.3) is 0 Å². The average Bonchev–Trinajstić information content (AvgIpc) is 2.96. The smallest absolute Gasteiger partial charge is 0.413 e. The fraction of sp³-hybridized carbons (Fsp3) is 0.529. The molecule has 132 valence electrons. The molecule has 0 radical (unpaired) electrons. The van der Waals surface area contributed by atoms with Crippen LogP contribution in [0.15, 0.2) is 23.2 Å². The number of alkyl carbamates (subject to hydrolysis) is 1. The highest BCUT2D eigenvalue weighted by Gasteiger charge is 2.24. The lowest BCUT2D eigenvalue weighted by atomic mass is 10.1. The van der Waals surface area contributed by atoms with E-state index in [1.807, 2.05) is 45.9 Å². The topological polar surface area (TPSA) is 81.2 Å². The third-order valence-electron chi connectivity index (χ3n) is 3.24. The van der Waals surface area contributed by atoms with Gasteiger partial charge in [-0.2, -0.15) is 0 Å². The fourth-order valence-corrected chi connectivity index (χ4v) is 2.34. The normalized spacial score (nSPS) is 16.6. The van der Waals surface area contributed by atoms with E-state index in [0.29, 0.717) is 12.5 Å². The molecule has 0 fully saturated rings. The average molecular weight is 335 g/mol. The van der Waals surface area contributed by atoms with Gasteiger partial charge in [-0.1, -0.05) is 0 Å². The zero-order valence-electron chi connectivity index (χ0n) is 14.8. The summed E-state index contributed by atoms with van der Waals surface area (Å²) < 4.78 is 16.2. The number of amides is 1. The second-order valence-electron chi connectivity index (χ2n) is 6.04. The fourth-order valence-electron chi connectivity index (χ4n) is 2.34. The first-order valence-corrected chi connectivity index (χ1v) is 8.02. The van der Waals surface area contributed by atoms with Crippen LogP contribution in [0.4, 0.5) is 4.79 Å². The zero-order valence-corrected chi connectivity index (χ0v) is 14.8. The summed E-state index contributed by atoms with van der Waals surface area (Å²) in [5.41, 5.74) is 0.937. The Labute approximate surface area is 142 Å². The first-order chi connectivity index (χ1) is 11.4. The molecule has 1 heterocycles. The van der Waals surface area contributed by atoms with Crippen LogP contribution in [0.2, 0.25) is 0 Å². The molecule has 1 amide bonds. The monoisotopic (exact) mass is 335 g/mol. The van der Waals surface area contributed by atoms with Crippen LogP contribution in [0.3, 0.4) is 0 Å². The van der Waals surface area contributed by atoms with E-state index in [9.17, 15) is 4.79 Å². The maximum Gasteiger partial charge on any atom is 0.413 e. The number of carbonyl (C=O) groups excluding carboxylic acids is 1. The van der Waals surface area contributed by atoms with Crippen molar-refractivity contribution in [3.8, 4) is 11.5 Å². The molecule has 1 aromatic rings. The standard InChI is InChI=1S/C17H25N3O4/c1-10(2)23-12-6-7-15(24-11(3)4)13(8-12)14-9-18-16(19-14)20-17(21)22-5/h6-8,10-11,14H,9H2,1-5H3,(H2,18,19,20,21). The summed E-state index contributed by atoms with van der Waals surface area (Å²) in [5.74, 6) is 1.93. The largest absolute Gasteiger partial charge is 0.491 e. The first kappa shape index (κ1) is 17.9. The summed E-state index contributed by atoms with van der Waals surface area (Å²) in [7, 11) is 1.31. The van der Waals surface area contributed by atoms with Crippen LogP contribution >= 0.6 is 0 Å². The molecule has 1 aliphatic rings. The van der Waals surface area contributed by atoms with E-state index in [1.54, 1.807) is 0 Å². The molecule has 7 heteroatoms. The predicted octanol–water partition coefficient (Wildman–Crippen LogP) is 2.62. The zero-order chi connectivity index (χ0) is 17.7. The predicted molar refractivity (Wildman–Crippen MR) is 91.7 cm³/mol. The molecule has 1 unspecified atom stereocenters. The van der Waals surface area contributed by atoms with Crippen molar-refractivity contribution in [2.45, 2.75) is 45.9 Å². The Kier molecular flexibility index (Phi) is 5.89. The number of guanidine groups is 1. The maximum absolute atomic E-state index is 11.3. The molecule has 0 spiro atoms. The minimum absolute atomic E-state index is 0.0515. The van der Waals surface area contributed by atoms with Crippen molar-refractivity contribution in [3.05, 3.63) is 23.8 Å². The van der Waals surface area contributed by atoms with Gasteiger partial charge in [0.25, 0.3) is 0 Å². The number of nitrogens with zero attached hydrogens (tertiary/aromatic N) is 1. The molecule has 0 saturated heterocycles. The van der Waals surface area contributed by atoms with Gasteiger partial charge in [0.2, 0.25) is 5.96 Å². The van der Waals surface area contributed by atoms with Crippen molar-refractivity contribution < 1.29 is 19.0 Å². The number of hydrogen-bond donors (Lipinski definition) is 2. The van der Waals surface area contributed by atoms with E-state index >= 15 is 0 Å². The van der Waals surface area contributed by atoms with Crippen molar-refractivity contribution in [1.82, 2.24) is 10.6 Å². The highest BCUT2D eigenvalue weighted by atomic mass is 16.5. The second kappa shape index (κ2) is 7.90. The molecule has 1 atom stereocenters. The molecule has 2 rings (SSSR count). The van der Waals surface area contributed by atoms with Gasteiger partial charge >= 0.3 is 6.09 Å². The second-order valence-corrected chi connectivity index (χ2v) is 6.04. The molecule has 0 bridgehead atoms. The van der Waals surface area contributed by atoms with Crippen LogP contribution < -0.4 is 20.1 Å². The van der Waals surface area contributed by atoms with Gasteiger partial charge in [0.15, 0.2) is 0 Å². The van der Waals surface area contributed by atoms with Crippen molar-refractivity contribution in [2.24, 2.45) is 4.99 Å². The molecule has 7 nitrogen and oxygen atoms in total.